The second kappa shape index (κ2) is 5.38. The van der Waals surface area contributed by atoms with Gasteiger partial charge in [-0.2, -0.15) is 4.31 Å². The van der Waals surface area contributed by atoms with Crippen molar-refractivity contribution in [2.24, 2.45) is 5.73 Å². The number of hydrogen-bond acceptors (Lipinski definition) is 5. The van der Waals surface area contributed by atoms with Crippen LogP contribution in [0.15, 0.2) is 23.1 Å². The molecule has 1 unspecified atom stereocenters. The molecule has 8 heteroatoms. The zero-order chi connectivity index (χ0) is 15.0. The van der Waals surface area contributed by atoms with Crippen LogP contribution in [0.3, 0.4) is 0 Å². The van der Waals surface area contributed by atoms with Crippen molar-refractivity contribution in [2.75, 3.05) is 31.6 Å². The van der Waals surface area contributed by atoms with Gasteiger partial charge in [-0.05, 0) is 23.8 Å². The van der Waals surface area contributed by atoms with Gasteiger partial charge < -0.3 is 15.8 Å². The SMILES string of the molecule is NCC1CN(S(=O)(=O)c2ccc3c(c2)CC(=O)N3)CCO1. The quantitative estimate of drug-likeness (QED) is 0.786. The lowest BCUT2D eigenvalue weighted by atomic mass is 10.2. The van der Waals surface area contributed by atoms with E-state index < -0.39 is 10.0 Å². The third kappa shape index (κ3) is 2.67. The molecule has 2 heterocycles. The molecule has 2 aliphatic rings. The van der Waals surface area contributed by atoms with Crippen LogP contribution in [0.4, 0.5) is 5.69 Å². The molecular formula is C13H17N3O4S. The van der Waals surface area contributed by atoms with E-state index >= 15 is 0 Å². The van der Waals surface area contributed by atoms with Gasteiger partial charge in [-0.1, -0.05) is 0 Å². The minimum absolute atomic E-state index is 0.117. The smallest absolute Gasteiger partial charge is 0.243 e. The van der Waals surface area contributed by atoms with Crippen molar-refractivity contribution in [1.82, 2.24) is 4.31 Å². The molecule has 3 N–H and O–H groups in total. The lowest BCUT2D eigenvalue weighted by Crippen LogP contribution is -2.48. The van der Waals surface area contributed by atoms with Crippen molar-refractivity contribution in [3.05, 3.63) is 23.8 Å². The predicted octanol–water partition coefficient (Wildman–Crippen LogP) is -0.471. The first-order valence-electron chi connectivity index (χ1n) is 6.75. The van der Waals surface area contributed by atoms with Crippen LogP contribution in [0, 0.1) is 0 Å². The number of hydrogen-bond donors (Lipinski definition) is 2. The number of nitrogens with one attached hydrogen (secondary N) is 1. The van der Waals surface area contributed by atoms with E-state index in [9.17, 15) is 13.2 Å². The summed E-state index contributed by atoms with van der Waals surface area (Å²) in [4.78, 5) is 11.5. The van der Waals surface area contributed by atoms with Crippen molar-refractivity contribution < 1.29 is 17.9 Å². The van der Waals surface area contributed by atoms with Gasteiger partial charge in [-0.15, -0.1) is 0 Å². The van der Waals surface area contributed by atoms with Crippen molar-refractivity contribution >= 4 is 21.6 Å². The van der Waals surface area contributed by atoms with Crippen LogP contribution in [0.2, 0.25) is 0 Å². The molecule has 1 aromatic rings. The molecule has 0 spiro atoms. The minimum Gasteiger partial charge on any atom is -0.374 e. The summed E-state index contributed by atoms with van der Waals surface area (Å²) < 4.78 is 32.1. The molecule has 0 radical (unpaired) electrons. The van der Waals surface area contributed by atoms with Crippen LogP contribution < -0.4 is 11.1 Å². The molecule has 1 aromatic carbocycles. The molecule has 0 saturated carbocycles. The lowest BCUT2D eigenvalue weighted by molar-refractivity contribution is -0.115. The largest absolute Gasteiger partial charge is 0.374 e. The van der Waals surface area contributed by atoms with Gasteiger partial charge in [0.25, 0.3) is 0 Å². The molecule has 3 rings (SSSR count). The number of nitrogens with two attached hydrogens (primary N) is 1. The van der Waals surface area contributed by atoms with Gasteiger partial charge in [0.1, 0.15) is 0 Å². The monoisotopic (exact) mass is 311 g/mol. The van der Waals surface area contributed by atoms with E-state index in [1.807, 2.05) is 0 Å². The van der Waals surface area contributed by atoms with Crippen LogP contribution in [0.1, 0.15) is 5.56 Å². The maximum absolute atomic E-state index is 12.7. The standard InChI is InChI=1S/C13H17N3O4S/c14-7-10-8-16(3-4-20-10)21(18,19)11-1-2-12-9(5-11)6-13(17)15-12/h1-2,5,10H,3-4,6-8,14H2,(H,15,17). The molecule has 0 bridgehead atoms. The van der Waals surface area contributed by atoms with E-state index in [0.717, 1.165) is 0 Å². The second-order valence-corrected chi connectivity index (χ2v) is 7.07. The molecule has 0 aromatic heterocycles. The first-order valence-corrected chi connectivity index (χ1v) is 8.19. The highest BCUT2D eigenvalue weighted by molar-refractivity contribution is 7.89. The Balaban J connectivity index is 1.88. The van der Waals surface area contributed by atoms with E-state index in [-0.39, 0.29) is 36.4 Å². The number of sulfonamides is 1. The fourth-order valence-corrected chi connectivity index (χ4v) is 4.08. The van der Waals surface area contributed by atoms with Gasteiger partial charge in [0, 0.05) is 25.3 Å². The maximum Gasteiger partial charge on any atom is 0.243 e. The lowest BCUT2D eigenvalue weighted by Gasteiger charge is -2.31. The fourth-order valence-electron chi connectivity index (χ4n) is 2.57. The van der Waals surface area contributed by atoms with Gasteiger partial charge in [-0.3, -0.25) is 4.79 Å². The average molecular weight is 311 g/mol. The topological polar surface area (TPSA) is 102 Å². The highest BCUT2D eigenvalue weighted by atomic mass is 32.2. The zero-order valence-electron chi connectivity index (χ0n) is 11.4. The maximum atomic E-state index is 12.7. The third-order valence-corrected chi connectivity index (χ3v) is 5.57. The van der Waals surface area contributed by atoms with E-state index in [0.29, 0.717) is 24.4 Å². The average Bonchev–Trinajstić information content (AvgIpc) is 2.86. The molecule has 1 fully saturated rings. The molecule has 114 valence electrons. The molecule has 7 nitrogen and oxygen atoms in total. The van der Waals surface area contributed by atoms with Gasteiger partial charge in [0.05, 0.1) is 24.0 Å². The van der Waals surface area contributed by atoms with Crippen molar-refractivity contribution in [1.29, 1.82) is 0 Å². The second-order valence-electron chi connectivity index (χ2n) is 5.14. The summed E-state index contributed by atoms with van der Waals surface area (Å²) in [6, 6.07) is 4.72. The van der Waals surface area contributed by atoms with Crippen LogP contribution >= 0.6 is 0 Å². The summed E-state index contributed by atoms with van der Waals surface area (Å²) in [5, 5.41) is 2.69. The number of anilines is 1. The van der Waals surface area contributed by atoms with E-state index in [1.54, 1.807) is 12.1 Å². The molecule has 2 aliphatic heterocycles. The number of ether oxygens (including phenoxy) is 1. The Kier molecular flexibility index (Phi) is 3.70. The summed E-state index contributed by atoms with van der Waals surface area (Å²) in [7, 11) is -3.59. The van der Waals surface area contributed by atoms with Gasteiger partial charge in [0.15, 0.2) is 0 Å². The Morgan fingerprint density at radius 2 is 2.24 bits per heavy atom. The van der Waals surface area contributed by atoms with Crippen LogP contribution in [0.25, 0.3) is 0 Å². The fraction of sp³-hybridized carbons (Fsp3) is 0.462. The molecule has 1 atom stereocenters. The minimum atomic E-state index is -3.59. The van der Waals surface area contributed by atoms with Crippen molar-refractivity contribution in [3.8, 4) is 0 Å². The number of carbonyl (C=O) groups is 1. The molecule has 1 saturated heterocycles. The van der Waals surface area contributed by atoms with Crippen LogP contribution in [-0.2, 0) is 26.0 Å². The van der Waals surface area contributed by atoms with Crippen molar-refractivity contribution in [2.45, 2.75) is 17.4 Å². The van der Waals surface area contributed by atoms with Gasteiger partial charge in [0.2, 0.25) is 15.9 Å². The number of fused-ring (bicyclic) bond motifs is 1. The number of rotatable bonds is 3. The number of nitrogens with zero attached hydrogens (tertiary/aromatic N) is 1. The van der Waals surface area contributed by atoms with Crippen LogP contribution in [-0.4, -0.2) is 51.0 Å². The highest BCUT2D eigenvalue weighted by Gasteiger charge is 2.31. The van der Waals surface area contributed by atoms with E-state index in [2.05, 4.69) is 5.32 Å². The number of carbonyl (C=O) groups excluding carboxylic acids is 1. The third-order valence-electron chi connectivity index (χ3n) is 3.70. The molecule has 21 heavy (non-hydrogen) atoms. The normalized spacial score (nSPS) is 22.9. The Labute approximate surface area is 123 Å². The van der Waals surface area contributed by atoms with Gasteiger partial charge >= 0.3 is 0 Å². The Morgan fingerprint density at radius 1 is 1.43 bits per heavy atom. The summed E-state index contributed by atoms with van der Waals surface area (Å²) in [5.74, 6) is -0.117. The first kappa shape index (κ1) is 14.5. The summed E-state index contributed by atoms with van der Waals surface area (Å²) in [6.07, 6.45) is -0.0565. The van der Waals surface area contributed by atoms with E-state index in [1.165, 1.54) is 10.4 Å². The Hall–Kier alpha value is -1.48. The molecular weight excluding hydrogens is 294 g/mol. The Morgan fingerprint density at radius 3 is 3.00 bits per heavy atom. The van der Waals surface area contributed by atoms with E-state index in [4.69, 9.17) is 10.5 Å². The number of benzene rings is 1. The highest BCUT2D eigenvalue weighted by Crippen LogP contribution is 2.27. The number of amides is 1. The van der Waals surface area contributed by atoms with Crippen LogP contribution in [0.5, 0.6) is 0 Å². The summed E-state index contributed by atoms with van der Waals surface area (Å²) >= 11 is 0. The van der Waals surface area contributed by atoms with Crippen molar-refractivity contribution in [3.63, 3.8) is 0 Å². The predicted molar refractivity (Wildman–Crippen MR) is 76.3 cm³/mol. The summed E-state index contributed by atoms with van der Waals surface area (Å²) in [6.45, 7) is 1.20. The zero-order valence-corrected chi connectivity index (χ0v) is 12.2. The molecule has 0 aliphatic carbocycles. The number of morpholine rings is 1. The summed E-state index contributed by atoms with van der Waals surface area (Å²) in [5.41, 5.74) is 6.94. The Bertz CT molecular complexity index is 674. The molecule has 1 amide bonds. The first-order chi connectivity index (χ1) is 10.0. The van der Waals surface area contributed by atoms with Gasteiger partial charge in [-0.25, -0.2) is 8.42 Å².